The number of carbonyl (C=O) groups is 1. The molecule has 1 N–H and O–H groups in total. The lowest BCUT2D eigenvalue weighted by Crippen LogP contribution is -2.15. The minimum atomic E-state index is -0.312. The van der Waals surface area contributed by atoms with Gasteiger partial charge in [-0.1, -0.05) is 47.3 Å². The van der Waals surface area contributed by atoms with Crippen LogP contribution in [0.3, 0.4) is 0 Å². The van der Waals surface area contributed by atoms with Crippen LogP contribution in [0.2, 0.25) is 0 Å². The molecular formula is C21H19FN6OS. The summed E-state index contributed by atoms with van der Waals surface area (Å²) in [6.45, 7) is 4.13. The molecule has 0 saturated carbocycles. The van der Waals surface area contributed by atoms with Gasteiger partial charge in [-0.2, -0.15) is 0 Å². The number of hydrogen-bond donors (Lipinski definition) is 1. The molecule has 2 aromatic heterocycles. The lowest BCUT2D eigenvalue weighted by atomic mass is 10.1. The Morgan fingerprint density at radius 2 is 2.00 bits per heavy atom. The molecule has 1 amide bonds. The second kappa shape index (κ2) is 8.58. The molecule has 4 aromatic rings. The highest BCUT2D eigenvalue weighted by Crippen LogP contribution is 2.24. The summed E-state index contributed by atoms with van der Waals surface area (Å²) in [5.41, 5.74) is 4.34. The summed E-state index contributed by atoms with van der Waals surface area (Å²) >= 11 is 1.26. The summed E-state index contributed by atoms with van der Waals surface area (Å²) in [6, 6.07) is 12.4. The number of anilines is 1. The Balaban J connectivity index is 1.48. The standard InChI is InChI=1S/C21H19FN6OS/c1-13-7-8-14(2)17(9-13)25-18(29)11-30-21-19-20(23-12-24-21)28(27-26-19)10-15-5-3-4-6-16(15)22/h3-9,12H,10-11H2,1-2H3,(H,25,29). The van der Waals surface area contributed by atoms with Crippen LogP contribution >= 0.6 is 11.8 Å². The summed E-state index contributed by atoms with van der Waals surface area (Å²) in [7, 11) is 0. The van der Waals surface area contributed by atoms with Crippen molar-refractivity contribution in [3.8, 4) is 0 Å². The maximum absolute atomic E-state index is 14.0. The number of hydrogen-bond acceptors (Lipinski definition) is 6. The van der Waals surface area contributed by atoms with Crippen molar-refractivity contribution in [2.45, 2.75) is 25.4 Å². The molecular weight excluding hydrogens is 403 g/mol. The molecule has 2 aromatic carbocycles. The highest BCUT2D eigenvalue weighted by molar-refractivity contribution is 8.00. The molecule has 0 unspecified atom stereocenters. The molecule has 7 nitrogen and oxygen atoms in total. The topological polar surface area (TPSA) is 85.6 Å². The molecule has 152 valence electrons. The smallest absolute Gasteiger partial charge is 0.234 e. The fourth-order valence-corrected chi connectivity index (χ4v) is 3.69. The average Bonchev–Trinajstić information content (AvgIpc) is 3.14. The van der Waals surface area contributed by atoms with Gasteiger partial charge in [0.2, 0.25) is 5.91 Å². The summed E-state index contributed by atoms with van der Waals surface area (Å²) in [5, 5.41) is 11.7. The van der Waals surface area contributed by atoms with Crippen LogP contribution in [-0.4, -0.2) is 36.6 Å². The van der Waals surface area contributed by atoms with Crippen LogP contribution in [0, 0.1) is 19.7 Å². The van der Waals surface area contributed by atoms with Gasteiger partial charge in [-0.3, -0.25) is 4.79 Å². The Hall–Kier alpha value is -3.33. The van der Waals surface area contributed by atoms with Crippen LogP contribution < -0.4 is 5.32 Å². The number of amides is 1. The molecule has 0 saturated heterocycles. The second-order valence-corrected chi connectivity index (χ2v) is 7.81. The fourth-order valence-electron chi connectivity index (χ4n) is 2.96. The van der Waals surface area contributed by atoms with Gasteiger partial charge in [0.1, 0.15) is 17.2 Å². The molecule has 0 radical (unpaired) electrons. The number of halogens is 1. The number of fused-ring (bicyclic) bond motifs is 1. The van der Waals surface area contributed by atoms with Gasteiger partial charge in [0, 0.05) is 11.3 Å². The van der Waals surface area contributed by atoms with E-state index in [1.54, 1.807) is 18.2 Å². The van der Waals surface area contributed by atoms with E-state index in [1.807, 2.05) is 32.0 Å². The number of aryl methyl sites for hydroxylation is 2. The van der Waals surface area contributed by atoms with Crippen molar-refractivity contribution in [2.24, 2.45) is 0 Å². The van der Waals surface area contributed by atoms with Crippen molar-refractivity contribution < 1.29 is 9.18 Å². The van der Waals surface area contributed by atoms with Crippen molar-refractivity contribution in [1.29, 1.82) is 0 Å². The molecule has 0 aliphatic carbocycles. The molecule has 30 heavy (non-hydrogen) atoms. The summed E-state index contributed by atoms with van der Waals surface area (Å²) in [5.74, 6) is -0.285. The minimum Gasteiger partial charge on any atom is -0.325 e. The normalized spacial score (nSPS) is 11.0. The van der Waals surface area contributed by atoms with Crippen LogP contribution in [-0.2, 0) is 11.3 Å². The number of nitrogens with zero attached hydrogens (tertiary/aromatic N) is 5. The lowest BCUT2D eigenvalue weighted by Gasteiger charge is -2.09. The first-order valence-electron chi connectivity index (χ1n) is 9.29. The molecule has 0 atom stereocenters. The van der Waals surface area contributed by atoms with E-state index in [4.69, 9.17) is 0 Å². The summed E-state index contributed by atoms with van der Waals surface area (Å²) < 4.78 is 15.5. The maximum atomic E-state index is 14.0. The lowest BCUT2D eigenvalue weighted by molar-refractivity contribution is -0.113. The molecule has 0 aliphatic rings. The fraction of sp³-hybridized carbons (Fsp3) is 0.190. The Bertz CT molecular complexity index is 1230. The van der Waals surface area contributed by atoms with E-state index in [9.17, 15) is 9.18 Å². The Kier molecular flexibility index (Phi) is 5.71. The Morgan fingerprint density at radius 1 is 1.17 bits per heavy atom. The van der Waals surface area contributed by atoms with Crippen LogP contribution in [0.4, 0.5) is 10.1 Å². The average molecular weight is 422 g/mol. The van der Waals surface area contributed by atoms with E-state index in [1.165, 1.54) is 28.8 Å². The zero-order valence-corrected chi connectivity index (χ0v) is 17.3. The first-order valence-corrected chi connectivity index (χ1v) is 10.3. The quantitative estimate of drug-likeness (QED) is 0.376. The SMILES string of the molecule is Cc1ccc(C)c(NC(=O)CSc2ncnc3c2nnn3Cc2ccccc2F)c1. The molecule has 4 rings (SSSR count). The molecule has 0 fully saturated rings. The van der Waals surface area contributed by atoms with Gasteiger partial charge in [0.05, 0.1) is 12.3 Å². The van der Waals surface area contributed by atoms with E-state index in [-0.39, 0.29) is 24.0 Å². The number of nitrogens with one attached hydrogen (secondary N) is 1. The Morgan fingerprint density at radius 3 is 2.83 bits per heavy atom. The van der Waals surface area contributed by atoms with E-state index in [2.05, 4.69) is 25.6 Å². The highest BCUT2D eigenvalue weighted by Gasteiger charge is 2.15. The third-order valence-electron chi connectivity index (χ3n) is 4.55. The Labute approximate surface area is 176 Å². The van der Waals surface area contributed by atoms with Crippen molar-refractivity contribution in [1.82, 2.24) is 25.0 Å². The van der Waals surface area contributed by atoms with Crippen molar-refractivity contribution in [3.63, 3.8) is 0 Å². The van der Waals surface area contributed by atoms with E-state index in [0.717, 1.165) is 16.8 Å². The van der Waals surface area contributed by atoms with Crippen molar-refractivity contribution in [3.05, 3.63) is 71.3 Å². The molecule has 9 heteroatoms. The third kappa shape index (κ3) is 4.30. The second-order valence-electron chi connectivity index (χ2n) is 6.84. The van der Waals surface area contributed by atoms with Gasteiger partial charge >= 0.3 is 0 Å². The van der Waals surface area contributed by atoms with Gasteiger partial charge in [-0.25, -0.2) is 19.0 Å². The molecule has 0 aliphatic heterocycles. The van der Waals surface area contributed by atoms with Gasteiger partial charge < -0.3 is 5.32 Å². The summed E-state index contributed by atoms with van der Waals surface area (Å²) in [4.78, 5) is 20.9. The molecule has 0 bridgehead atoms. The van der Waals surface area contributed by atoms with Crippen molar-refractivity contribution >= 4 is 34.5 Å². The number of thioether (sulfide) groups is 1. The van der Waals surface area contributed by atoms with Gasteiger partial charge in [-0.15, -0.1) is 5.10 Å². The summed E-state index contributed by atoms with van der Waals surface area (Å²) in [6.07, 6.45) is 1.40. The van der Waals surface area contributed by atoms with E-state index >= 15 is 0 Å². The number of carbonyl (C=O) groups excluding carboxylic acids is 1. The predicted molar refractivity (Wildman–Crippen MR) is 114 cm³/mol. The number of rotatable bonds is 6. The van der Waals surface area contributed by atoms with Crippen LogP contribution in [0.25, 0.3) is 11.2 Å². The molecule has 0 spiro atoms. The van der Waals surface area contributed by atoms with Gasteiger partial charge in [-0.05, 0) is 37.1 Å². The number of benzene rings is 2. The van der Waals surface area contributed by atoms with Crippen molar-refractivity contribution in [2.75, 3.05) is 11.1 Å². The van der Waals surface area contributed by atoms with Crippen LogP contribution in [0.15, 0.2) is 53.8 Å². The number of aromatic nitrogens is 5. The van der Waals surface area contributed by atoms with Crippen LogP contribution in [0.1, 0.15) is 16.7 Å². The molecule has 2 heterocycles. The zero-order chi connectivity index (χ0) is 21.1. The first kappa shape index (κ1) is 20.0. The van der Waals surface area contributed by atoms with Gasteiger partial charge in [0.25, 0.3) is 0 Å². The maximum Gasteiger partial charge on any atom is 0.234 e. The monoisotopic (exact) mass is 422 g/mol. The highest BCUT2D eigenvalue weighted by atomic mass is 32.2. The van der Waals surface area contributed by atoms with Crippen LogP contribution in [0.5, 0.6) is 0 Å². The first-order chi connectivity index (χ1) is 14.5. The third-order valence-corrected chi connectivity index (χ3v) is 5.53. The minimum absolute atomic E-state index is 0.140. The zero-order valence-electron chi connectivity index (χ0n) is 16.5. The predicted octanol–water partition coefficient (Wildman–Crippen LogP) is 3.76. The van der Waals surface area contributed by atoms with E-state index < -0.39 is 0 Å². The largest absolute Gasteiger partial charge is 0.325 e. The van der Waals surface area contributed by atoms with Gasteiger partial charge in [0.15, 0.2) is 11.2 Å². The van der Waals surface area contributed by atoms with E-state index in [0.29, 0.717) is 21.8 Å².